The maximum atomic E-state index is 9.00. The molecule has 0 aromatic carbocycles. The van der Waals surface area contributed by atoms with Crippen molar-refractivity contribution in [3.63, 3.8) is 0 Å². The first-order chi connectivity index (χ1) is 8.06. The molecule has 0 aromatic rings. The zero-order chi connectivity index (χ0) is 12.9. The minimum Gasteiger partial charge on any atom is -0.391 e. The van der Waals surface area contributed by atoms with Gasteiger partial charge < -0.3 is 14.5 Å². The number of hydrogen-bond acceptors (Lipinski definition) is 4. The molecule has 1 fully saturated rings. The van der Waals surface area contributed by atoms with Gasteiger partial charge in [0.25, 0.3) is 0 Å². The standard InChI is InChI=1S/C12H19N4O/c1-11(12(9-13)10-14)15-3-5-16(2,6-4-15)7-8-17/h17H,3-8H2,1-2H3/q+1. The lowest BCUT2D eigenvalue weighted by Gasteiger charge is -2.42. The topological polar surface area (TPSA) is 71.0 Å². The number of hydrogen-bond donors (Lipinski definition) is 1. The quantitative estimate of drug-likeness (QED) is 0.555. The second-order valence-corrected chi connectivity index (χ2v) is 4.68. The minimum absolute atomic E-state index is 0.197. The molecule has 1 aliphatic rings. The fourth-order valence-corrected chi connectivity index (χ4v) is 2.09. The summed E-state index contributed by atoms with van der Waals surface area (Å²) in [6, 6.07) is 3.85. The molecule has 0 atom stereocenters. The van der Waals surface area contributed by atoms with Gasteiger partial charge in [0.2, 0.25) is 0 Å². The summed E-state index contributed by atoms with van der Waals surface area (Å²) in [6.45, 7) is 6.31. The molecule has 0 saturated carbocycles. The molecule has 0 amide bonds. The Morgan fingerprint density at radius 3 is 2.24 bits per heavy atom. The Kier molecular flexibility index (Phi) is 4.51. The summed E-state index contributed by atoms with van der Waals surface area (Å²) >= 11 is 0. The number of aliphatic hydroxyl groups is 1. The van der Waals surface area contributed by atoms with Crippen LogP contribution in [0.5, 0.6) is 0 Å². The van der Waals surface area contributed by atoms with Crippen molar-refractivity contribution in [1.29, 1.82) is 10.5 Å². The fraction of sp³-hybridized carbons (Fsp3) is 0.667. The number of nitrogens with zero attached hydrogens (tertiary/aromatic N) is 4. The molecule has 0 spiro atoms. The molecule has 17 heavy (non-hydrogen) atoms. The van der Waals surface area contributed by atoms with Gasteiger partial charge in [-0.25, -0.2) is 0 Å². The second-order valence-electron chi connectivity index (χ2n) is 4.68. The van der Waals surface area contributed by atoms with Crippen molar-refractivity contribution in [3.05, 3.63) is 11.3 Å². The van der Waals surface area contributed by atoms with Gasteiger partial charge in [-0.3, -0.25) is 0 Å². The Hall–Kier alpha value is -1.56. The van der Waals surface area contributed by atoms with E-state index in [1.807, 2.05) is 19.1 Å². The lowest BCUT2D eigenvalue weighted by molar-refractivity contribution is -0.913. The van der Waals surface area contributed by atoms with Crippen molar-refractivity contribution < 1.29 is 9.59 Å². The second kappa shape index (κ2) is 5.67. The number of quaternary nitrogens is 1. The number of aliphatic hydroxyl groups excluding tert-OH is 1. The van der Waals surface area contributed by atoms with Gasteiger partial charge in [0, 0.05) is 5.70 Å². The number of piperazine rings is 1. The van der Waals surface area contributed by atoms with Crippen LogP contribution in [0.4, 0.5) is 0 Å². The third-order valence-corrected chi connectivity index (χ3v) is 3.52. The Bertz CT molecular complexity index is 364. The third-order valence-electron chi connectivity index (χ3n) is 3.52. The average molecular weight is 235 g/mol. The molecule has 0 radical (unpaired) electrons. The van der Waals surface area contributed by atoms with E-state index < -0.39 is 0 Å². The van der Waals surface area contributed by atoms with E-state index in [2.05, 4.69) is 11.9 Å². The summed E-state index contributed by atoms with van der Waals surface area (Å²) in [5, 5.41) is 26.6. The molecule has 1 aliphatic heterocycles. The van der Waals surface area contributed by atoms with Gasteiger partial charge in [0.1, 0.15) is 24.3 Å². The fourth-order valence-electron chi connectivity index (χ4n) is 2.09. The predicted molar refractivity (Wildman–Crippen MR) is 63.4 cm³/mol. The highest BCUT2D eigenvalue weighted by atomic mass is 16.3. The summed E-state index contributed by atoms with van der Waals surface area (Å²) in [5.74, 6) is 0. The highest BCUT2D eigenvalue weighted by Crippen LogP contribution is 2.16. The zero-order valence-electron chi connectivity index (χ0n) is 10.5. The van der Waals surface area contributed by atoms with Crippen LogP contribution < -0.4 is 0 Å². The van der Waals surface area contributed by atoms with Crippen LogP contribution in [-0.4, -0.2) is 60.9 Å². The minimum atomic E-state index is 0.197. The summed E-state index contributed by atoms with van der Waals surface area (Å²) in [7, 11) is 2.13. The van der Waals surface area contributed by atoms with Crippen LogP contribution >= 0.6 is 0 Å². The first-order valence-corrected chi connectivity index (χ1v) is 5.77. The number of nitriles is 2. The maximum absolute atomic E-state index is 9.00. The maximum Gasteiger partial charge on any atom is 0.148 e. The van der Waals surface area contributed by atoms with Gasteiger partial charge in [-0.05, 0) is 6.92 Å². The summed E-state index contributed by atoms with van der Waals surface area (Å²) in [5.41, 5.74) is 0.966. The van der Waals surface area contributed by atoms with Gasteiger partial charge in [-0.2, -0.15) is 10.5 Å². The lowest BCUT2D eigenvalue weighted by Crippen LogP contribution is -2.57. The molecular formula is C12H19N4O+. The molecule has 0 aromatic heterocycles. The number of likely N-dealkylation sites (N-methyl/N-ethyl adjacent to an activating group) is 1. The Labute approximate surface area is 102 Å². The lowest BCUT2D eigenvalue weighted by atomic mass is 10.2. The van der Waals surface area contributed by atoms with Crippen LogP contribution in [0.3, 0.4) is 0 Å². The zero-order valence-corrected chi connectivity index (χ0v) is 10.5. The molecule has 5 heteroatoms. The highest BCUT2D eigenvalue weighted by Gasteiger charge is 2.28. The first-order valence-electron chi connectivity index (χ1n) is 5.77. The Morgan fingerprint density at radius 1 is 1.29 bits per heavy atom. The Balaban J connectivity index is 2.68. The third kappa shape index (κ3) is 3.20. The van der Waals surface area contributed by atoms with Gasteiger partial charge in [0.15, 0.2) is 0 Å². The largest absolute Gasteiger partial charge is 0.391 e. The smallest absolute Gasteiger partial charge is 0.148 e. The van der Waals surface area contributed by atoms with Crippen molar-refractivity contribution in [3.8, 4) is 12.1 Å². The van der Waals surface area contributed by atoms with E-state index in [0.29, 0.717) is 0 Å². The number of rotatable bonds is 3. The van der Waals surface area contributed by atoms with Crippen molar-refractivity contribution in [2.75, 3.05) is 46.4 Å². The first kappa shape index (κ1) is 13.5. The van der Waals surface area contributed by atoms with Crippen LogP contribution in [0.15, 0.2) is 11.3 Å². The summed E-state index contributed by atoms with van der Waals surface area (Å²) in [6.07, 6.45) is 0. The molecule has 0 unspecified atom stereocenters. The van der Waals surface area contributed by atoms with Gasteiger partial charge in [-0.15, -0.1) is 0 Å². The van der Waals surface area contributed by atoms with Crippen LogP contribution in [0.1, 0.15) is 6.92 Å². The molecule has 1 rings (SSSR count). The Morgan fingerprint density at radius 2 is 1.82 bits per heavy atom. The van der Waals surface area contributed by atoms with Gasteiger partial charge >= 0.3 is 0 Å². The van der Waals surface area contributed by atoms with Crippen molar-refractivity contribution in [1.82, 2.24) is 4.90 Å². The normalized spacial score (nSPS) is 18.1. The van der Waals surface area contributed by atoms with Crippen molar-refractivity contribution >= 4 is 0 Å². The monoisotopic (exact) mass is 235 g/mol. The molecular weight excluding hydrogens is 216 g/mol. The number of allylic oxidation sites excluding steroid dienone is 2. The average Bonchev–Trinajstić information content (AvgIpc) is 2.31. The van der Waals surface area contributed by atoms with Crippen LogP contribution in [0.2, 0.25) is 0 Å². The molecule has 0 aliphatic carbocycles. The van der Waals surface area contributed by atoms with Crippen LogP contribution in [0, 0.1) is 22.7 Å². The molecule has 92 valence electrons. The van der Waals surface area contributed by atoms with Crippen LogP contribution in [0.25, 0.3) is 0 Å². The van der Waals surface area contributed by atoms with Crippen molar-refractivity contribution in [2.24, 2.45) is 0 Å². The molecule has 1 N–H and O–H groups in total. The summed E-state index contributed by atoms with van der Waals surface area (Å²) in [4.78, 5) is 2.08. The van der Waals surface area contributed by atoms with E-state index in [9.17, 15) is 0 Å². The van der Waals surface area contributed by atoms with E-state index >= 15 is 0 Å². The summed E-state index contributed by atoms with van der Waals surface area (Å²) < 4.78 is 0.856. The van der Waals surface area contributed by atoms with E-state index in [-0.39, 0.29) is 12.2 Å². The van der Waals surface area contributed by atoms with Gasteiger partial charge in [0.05, 0.1) is 39.8 Å². The molecule has 1 heterocycles. The van der Waals surface area contributed by atoms with E-state index in [4.69, 9.17) is 15.6 Å². The van der Waals surface area contributed by atoms with Crippen LogP contribution in [-0.2, 0) is 0 Å². The van der Waals surface area contributed by atoms with Crippen molar-refractivity contribution in [2.45, 2.75) is 6.92 Å². The van der Waals surface area contributed by atoms with E-state index in [0.717, 1.165) is 42.9 Å². The molecule has 0 bridgehead atoms. The van der Waals surface area contributed by atoms with E-state index in [1.165, 1.54) is 0 Å². The SMILES string of the molecule is CC(=C(C#N)C#N)N1CC[N+](C)(CCO)CC1. The highest BCUT2D eigenvalue weighted by molar-refractivity contribution is 5.38. The molecule has 1 saturated heterocycles. The van der Waals surface area contributed by atoms with Gasteiger partial charge in [-0.1, -0.05) is 0 Å². The predicted octanol–water partition coefficient (Wildman–Crippen LogP) is 0.0621. The van der Waals surface area contributed by atoms with E-state index in [1.54, 1.807) is 0 Å². The molecule has 5 nitrogen and oxygen atoms in total.